The fourth-order valence-corrected chi connectivity index (χ4v) is 1.93. The van der Waals surface area contributed by atoms with Crippen LogP contribution in [0.15, 0.2) is 54.6 Å². The summed E-state index contributed by atoms with van der Waals surface area (Å²) in [4.78, 5) is 10.2. The molecule has 5 heteroatoms. The van der Waals surface area contributed by atoms with Crippen molar-refractivity contribution in [2.24, 2.45) is 5.73 Å². The molecule has 124 valence electrons. The van der Waals surface area contributed by atoms with Gasteiger partial charge in [-0.25, -0.2) is 0 Å². The molecule has 0 aliphatic carbocycles. The Morgan fingerprint density at radius 3 is 2.43 bits per heavy atom. The summed E-state index contributed by atoms with van der Waals surface area (Å²) >= 11 is 5.87. The maximum absolute atomic E-state index is 10.2. The van der Waals surface area contributed by atoms with E-state index in [-0.39, 0.29) is 11.9 Å². The molecule has 0 aliphatic heterocycles. The van der Waals surface area contributed by atoms with Crippen LogP contribution in [0.1, 0.15) is 19.4 Å². The van der Waals surface area contributed by atoms with Gasteiger partial charge in [-0.3, -0.25) is 4.79 Å². The number of benzene rings is 2. The van der Waals surface area contributed by atoms with Crippen molar-refractivity contribution in [2.75, 3.05) is 6.54 Å². The zero-order valence-electron chi connectivity index (χ0n) is 13.5. The van der Waals surface area contributed by atoms with Gasteiger partial charge >= 0.3 is 0 Å². The third kappa shape index (κ3) is 8.24. The Morgan fingerprint density at radius 2 is 1.91 bits per heavy atom. The van der Waals surface area contributed by atoms with Gasteiger partial charge in [0.15, 0.2) is 0 Å². The number of hydrogen-bond acceptors (Lipinski definition) is 3. The van der Waals surface area contributed by atoms with Crippen LogP contribution in [0.5, 0.6) is 5.75 Å². The van der Waals surface area contributed by atoms with E-state index in [1.807, 2.05) is 61.5 Å². The van der Waals surface area contributed by atoms with Crippen LogP contribution in [-0.4, -0.2) is 18.5 Å². The van der Waals surface area contributed by atoms with Gasteiger partial charge in [-0.1, -0.05) is 48.9 Å². The molecule has 0 spiro atoms. The topological polar surface area (TPSA) is 64.3 Å². The van der Waals surface area contributed by atoms with E-state index >= 15 is 0 Å². The van der Waals surface area contributed by atoms with E-state index in [0.29, 0.717) is 6.61 Å². The highest BCUT2D eigenvalue weighted by molar-refractivity contribution is 6.30. The Kier molecular flexibility index (Phi) is 8.80. The van der Waals surface area contributed by atoms with E-state index in [9.17, 15) is 4.79 Å². The highest BCUT2D eigenvalue weighted by Crippen LogP contribution is 2.14. The molecular formula is C18H23ClN2O2. The average Bonchev–Trinajstić information content (AvgIpc) is 2.55. The van der Waals surface area contributed by atoms with Crippen LogP contribution in [0.25, 0.3) is 0 Å². The molecule has 0 fully saturated rings. The number of ether oxygens (including phenoxy) is 1. The molecule has 4 nitrogen and oxygen atoms in total. The Balaban J connectivity index is 0.000000284. The van der Waals surface area contributed by atoms with Crippen LogP contribution in [0, 0.1) is 0 Å². The molecule has 0 bridgehead atoms. The number of hydrogen-bond donors (Lipinski definition) is 2. The lowest BCUT2D eigenvalue weighted by Gasteiger charge is -2.05. The normalized spacial score (nSPS) is 11.1. The van der Waals surface area contributed by atoms with E-state index in [1.54, 1.807) is 6.92 Å². The van der Waals surface area contributed by atoms with Gasteiger partial charge in [0, 0.05) is 5.02 Å². The summed E-state index contributed by atoms with van der Waals surface area (Å²) in [5.41, 5.74) is 6.00. The SMILES string of the molecule is CCNC(C)C(N)=O.Clc1cccc(COc2ccccc2)c1. The lowest BCUT2D eigenvalue weighted by molar-refractivity contribution is -0.119. The number of halogens is 1. The second-order valence-corrected chi connectivity index (χ2v) is 5.35. The molecule has 0 aromatic heterocycles. The van der Waals surface area contributed by atoms with Crippen molar-refractivity contribution in [1.29, 1.82) is 0 Å². The van der Waals surface area contributed by atoms with E-state index in [0.717, 1.165) is 22.9 Å². The van der Waals surface area contributed by atoms with Gasteiger partial charge in [-0.05, 0) is 43.3 Å². The van der Waals surface area contributed by atoms with Gasteiger partial charge in [0.25, 0.3) is 0 Å². The number of carbonyl (C=O) groups is 1. The Morgan fingerprint density at radius 1 is 1.22 bits per heavy atom. The van der Waals surface area contributed by atoms with Crippen LogP contribution in [0.3, 0.4) is 0 Å². The van der Waals surface area contributed by atoms with Crippen LogP contribution in [0.2, 0.25) is 5.02 Å². The first kappa shape index (κ1) is 19.0. The predicted molar refractivity (Wildman–Crippen MR) is 94.6 cm³/mol. The zero-order chi connectivity index (χ0) is 17.1. The molecule has 2 aromatic rings. The van der Waals surface area contributed by atoms with E-state index < -0.39 is 0 Å². The van der Waals surface area contributed by atoms with Crippen molar-refractivity contribution in [1.82, 2.24) is 5.32 Å². The summed E-state index contributed by atoms with van der Waals surface area (Å²) in [7, 11) is 0. The van der Waals surface area contributed by atoms with Crippen molar-refractivity contribution < 1.29 is 9.53 Å². The predicted octanol–water partition coefficient (Wildman–Crippen LogP) is 3.39. The van der Waals surface area contributed by atoms with Crippen LogP contribution < -0.4 is 15.8 Å². The number of nitrogens with two attached hydrogens (primary N) is 1. The maximum atomic E-state index is 10.2. The number of rotatable bonds is 6. The largest absolute Gasteiger partial charge is 0.489 e. The van der Waals surface area contributed by atoms with Crippen molar-refractivity contribution in [2.45, 2.75) is 26.5 Å². The fourth-order valence-electron chi connectivity index (χ4n) is 1.72. The molecule has 0 heterocycles. The molecule has 0 radical (unpaired) electrons. The first-order valence-corrected chi connectivity index (χ1v) is 7.85. The van der Waals surface area contributed by atoms with E-state index in [1.165, 1.54) is 0 Å². The molecular weight excluding hydrogens is 312 g/mol. The Hall–Kier alpha value is -2.04. The monoisotopic (exact) mass is 334 g/mol. The molecule has 1 unspecified atom stereocenters. The number of nitrogens with one attached hydrogen (secondary N) is 1. The molecule has 1 amide bonds. The summed E-state index contributed by atoms with van der Waals surface area (Å²) in [5.74, 6) is 0.573. The number of likely N-dealkylation sites (N-methyl/N-ethyl adjacent to an activating group) is 1. The third-order valence-corrected chi connectivity index (χ3v) is 3.21. The minimum atomic E-state index is -0.299. The van der Waals surface area contributed by atoms with Gasteiger partial charge in [0.05, 0.1) is 6.04 Å². The molecule has 1 atom stereocenters. The van der Waals surface area contributed by atoms with Crippen molar-refractivity contribution in [3.63, 3.8) is 0 Å². The van der Waals surface area contributed by atoms with Crippen LogP contribution >= 0.6 is 11.6 Å². The molecule has 3 N–H and O–H groups in total. The molecule has 23 heavy (non-hydrogen) atoms. The van der Waals surface area contributed by atoms with Crippen molar-refractivity contribution in [3.05, 3.63) is 65.2 Å². The average molecular weight is 335 g/mol. The van der Waals surface area contributed by atoms with Crippen molar-refractivity contribution >= 4 is 17.5 Å². The smallest absolute Gasteiger partial charge is 0.234 e. The molecule has 0 saturated carbocycles. The maximum Gasteiger partial charge on any atom is 0.234 e. The van der Waals surface area contributed by atoms with Gasteiger partial charge in [-0.2, -0.15) is 0 Å². The highest BCUT2D eigenvalue weighted by atomic mass is 35.5. The first-order chi connectivity index (χ1) is 11.0. The lowest BCUT2D eigenvalue weighted by atomic mass is 10.2. The molecule has 0 aliphatic rings. The first-order valence-electron chi connectivity index (χ1n) is 7.48. The lowest BCUT2D eigenvalue weighted by Crippen LogP contribution is -2.38. The Bertz CT molecular complexity index is 591. The summed E-state index contributed by atoms with van der Waals surface area (Å²) < 4.78 is 5.59. The number of carbonyl (C=O) groups excluding carboxylic acids is 1. The van der Waals surface area contributed by atoms with Crippen LogP contribution in [0.4, 0.5) is 0 Å². The van der Waals surface area contributed by atoms with Gasteiger partial charge in [0.1, 0.15) is 12.4 Å². The number of amides is 1. The quantitative estimate of drug-likeness (QED) is 0.851. The van der Waals surface area contributed by atoms with E-state index in [4.69, 9.17) is 22.1 Å². The molecule has 2 rings (SSSR count). The summed E-state index contributed by atoms with van der Waals surface area (Å²) in [6, 6.07) is 17.2. The second kappa shape index (κ2) is 10.6. The fraction of sp³-hybridized carbons (Fsp3) is 0.278. The minimum absolute atomic E-state index is 0.194. The van der Waals surface area contributed by atoms with Crippen LogP contribution in [-0.2, 0) is 11.4 Å². The van der Waals surface area contributed by atoms with Gasteiger partial charge < -0.3 is 15.8 Å². The summed E-state index contributed by atoms with van der Waals surface area (Å²) in [5, 5.41) is 3.61. The Labute approximate surface area is 142 Å². The molecule has 2 aromatic carbocycles. The van der Waals surface area contributed by atoms with Gasteiger partial charge in [0.2, 0.25) is 5.91 Å². The summed E-state index contributed by atoms with van der Waals surface area (Å²) in [6.45, 7) is 5.00. The highest BCUT2D eigenvalue weighted by Gasteiger charge is 2.03. The third-order valence-electron chi connectivity index (χ3n) is 2.97. The second-order valence-electron chi connectivity index (χ2n) is 4.91. The minimum Gasteiger partial charge on any atom is -0.489 e. The zero-order valence-corrected chi connectivity index (χ0v) is 14.2. The summed E-state index contributed by atoms with van der Waals surface area (Å²) in [6.07, 6.45) is 0. The number of primary amides is 1. The van der Waals surface area contributed by atoms with E-state index in [2.05, 4.69) is 5.32 Å². The number of para-hydroxylation sites is 1. The van der Waals surface area contributed by atoms with Gasteiger partial charge in [-0.15, -0.1) is 0 Å². The van der Waals surface area contributed by atoms with Crippen molar-refractivity contribution in [3.8, 4) is 5.75 Å². The molecule has 0 saturated heterocycles. The standard InChI is InChI=1S/C13H11ClO.C5H12N2O/c14-12-6-4-5-11(9-12)10-15-13-7-2-1-3-8-13;1-3-7-4(2)5(6)8/h1-9H,10H2;4,7H,3H2,1-2H3,(H2,6,8).